The second kappa shape index (κ2) is 5.40. The van der Waals surface area contributed by atoms with Crippen LogP contribution in [0.5, 0.6) is 0 Å². The Bertz CT molecular complexity index is 516. The summed E-state index contributed by atoms with van der Waals surface area (Å²) in [6.45, 7) is 0.483. The first-order valence-corrected chi connectivity index (χ1v) is 6.18. The molecule has 1 aliphatic heterocycles. The van der Waals surface area contributed by atoms with Crippen LogP contribution in [0.1, 0.15) is 29.9 Å². The number of carbonyl (C=O) groups excluding carboxylic acids is 1. The Balaban J connectivity index is 2.27. The molecular formula is C13H14F4N2O. The number of hydrogen-bond acceptors (Lipinski definition) is 2. The summed E-state index contributed by atoms with van der Waals surface area (Å²) in [5, 5.41) is 2.90. The quantitative estimate of drug-likeness (QED) is 0.820. The zero-order chi connectivity index (χ0) is 14.9. The lowest BCUT2D eigenvalue weighted by atomic mass is 9.85. The lowest BCUT2D eigenvalue weighted by Crippen LogP contribution is -2.46. The van der Waals surface area contributed by atoms with Gasteiger partial charge >= 0.3 is 6.18 Å². The van der Waals surface area contributed by atoms with Crippen molar-refractivity contribution in [3.05, 3.63) is 35.1 Å². The van der Waals surface area contributed by atoms with Crippen LogP contribution in [0.15, 0.2) is 18.2 Å². The van der Waals surface area contributed by atoms with Crippen molar-refractivity contribution in [2.75, 3.05) is 6.54 Å². The average Bonchev–Trinajstić information content (AvgIpc) is 2.38. The maximum atomic E-state index is 13.2. The molecule has 20 heavy (non-hydrogen) atoms. The third-order valence-electron chi connectivity index (χ3n) is 3.51. The molecule has 0 aliphatic carbocycles. The van der Waals surface area contributed by atoms with E-state index in [1.54, 1.807) is 0 Å². The topological polar surface area (TPSA) is 55.1 Å². The zero-order valence-electron chi connectivity index (χ0n) is 10.5. The van der Waals surface area contributed by atoms with Crippen molar-refractivity contribution in [3.63, 3.8) is 0 Å². The number of halogens is 4. The Morgan fingerprint density at radius 2 is 2.05 bits per heavy atom. The van der Waals surface area contributed by atoms with E-state index >= 15 is 0 Å². The molecule has 1 fully saturated rings. The van der Waals surface area contributed by atoms with Crippen molar-refractivity contribution in [1.82, 2.24) is 5.32 Å². The Morgan fingerprint density at radius 1 is 1.35 bits per heavy atom. The minimum absolute atomic E-state index is 0.240. The minimum Gasteiger partial charge on any atom is -0.368 e. The van der Waals surface area contributed by atoms with Crippen molar-refractivity contribution in [3.8, 4) is 0 Å². The molecule has 0 spiro atoms. The molecule has 0 radical (unpaired) electrons. The highest BCUT2D eigenvalue weighted by Crippen LogP contribution is 2.35. The highest BCUT2D eigenvalue weighted by atomic mass is 19.4. The van der Waals surface area contributed by atoms with Crippen LogP contribution in [0.4, 0.5) is 17.6 Å². The van der Waals surface area contributed by atoms with Gasteiger partial charge in [0.15, 0.2) is 0 Å². The maximum absolute atomic E-state index is 13.2. The number of primary amides is 1. The smallest absolute Gasteiger partial charge is 0.368 e. The van der Waals surface area contributed by atoms with Crippen molar-refractivity contribution >= 4 is 5.91 Å². The number of amides is 1. The number of nitrogens with two attached hydrogens (primary N) is 1. The molecule has 0 saturated carbocycles. The van der Waals surface area contributed by atoms with Gasteiger partial charge < -0.3 is 11.1 Å². The van der Waals surface area contributed by atoms with Crippen LogP contribution in [0.2, 0.25) is 0 Å². The lowest BCUT2D eigenvalue weighted by Gasteiger charge is -2.29. The first kappa shape index (κ1) is 14.8. The predicted molar refractivity (Wildman–Crippen MR) is 64.4 cm³/mol. The van der Waals surface area contributed by atoms with Crippen LogP contribution in [-0.4, -0.2) is 18.5 Å². The van der Waals surface area contributed by atoms with Gasteiger partial charge in [-0.3, -0.25) is 4.79 Å². The van der Waals surface area contributed by atoms with E-state index in [1.165, 1.54) is 6.07 Å². The molecule has 1 aliphatic rings. The Hall–Kier alpha value is -1.63. The largest absolute Gasteiger partial charge is 0.419 e. The van der Waals surface area contributed by atoms with E-state index in [2.05, 4.69) is 5.32 Å². The number of alkyl halides is 3. The molecule has 2 unspecified atom stereocenters. The summed E-state index contributed by atoms with van der Waals surface area (Å²) >= 11 is 0. The molecule has 1 saturated heterocycles. The molecule has 1 aromatic rings. The fraction of sp³-hybridized carbons (Fsp3) is 0.462. The molecule has 110 valence electrons. The molecule has 1 heterocycles. The van der Waals surface area contributed by atoms with Crippen LogP contribution in [0.3, 0.4) is 0 Å². The molecule has 0 bridgehead atoms. The summed E-state index contributed by atoms with van der Waals surface area (Å²) in [4.78, 5) is 11.1. The molecule has 3 nitrogen and oxygen atoms in total. The molecule has 1 amide bonds. The van der Waals surface area contributed by atoms with Gasteiger partial charge in [0.1, 0.15) is 5.82 Å². The Labute approximate surface area is 113 Å². The van der Waals surface area contributed by atoms with Crippen molar-refractivity contribution in [2.24, 2.45) is 5.73 Å². The fourth-order valence-electron chi connectivity index (χ4n) is 2.45. The second-order valence-electron chi connectivity index (χ2n) is 4.87. The van der Waals surface area contributed by atoms with Gasteiger partial charge in [0, 0.05) is 0 Å². The van der Waals surface area contributed by atoms with Crippen LogP contribution >= 0.6 is 0 Å². The third kappa shape index (κ3) is 3.09. The molecule has 7 heteroatoms. The first-order chi connectivity index (χ1) is 9.29. The van der Waals surface area contributed by atoms with Gasteiger partial charge in [0.25, 0.3) is 0 Å². The van der Waals surface area contributed by atoms with Crippen LogP contribution in [-0.2, 0) is 11.0 Å². The molecule has 2 rings (SSSR count). The summed E-state index contributed by atoms with van der Waals surface area (Å²) in [6, 6.07) is 2.41. The van der Waals surface area contributed by atoms with E-state index < -0.39 is 29.5 Å². The standard InChI is InChI=1S/C13H14F4N2O/c14-10-2-1-7(5-9(10)13(15,16)17)8-3-4-19-11(6-8)12(18)20/h1-2,5,8,11,19H,3-4,6H2,(H2,18,20). The van der Waals surface area contributed by atoms with Crippen LogP contribution in [0.25, 0.3) is 0 Å². The Kier molecular flexibility index (Phi) is 3.99. The van der Waals surface area contributed by atoms with Crippen molar-refractivity contribution in [1.29, 1.82) is 0 Å². The summed E-state index contributed by atoms with van der Waals surface area (Å²) in [7, 11) is 0. The third-order valence-corrected chi connectivity index (χ3v) is 3.51. The van der Waals surface area contributed by atoms with E-state index in [-0.39, 0.29) is 5.92 Å². The summed E-state index contributed by atoms with van der Waals surface area (Å²) in [5.41, 5.74) is 4.30. The maximum Gasteiger partial charge on any atom is 0.419 e. The number of rotatable bonds is 2. The SMILES string of the molecule is NC(=O)C1CC(c2ccc(F)c(C(F)(F)F)c2)CCN1. The van der Waals surface area contributed by atoms with Gasteiger partial charge in [-0.1, -0.05) is 6.07 Å². The average molecular weight is 290 g/mol. The van der Waals surface area contributed by atoms with Crippen molar-refractivity contribution < 1.29 is 22.4 Å². The van der Waals surface area contributed by atoms with E-state index in [4.69, 9.17) is 5.73 Å². The summed E-state index contributed by atoms with van der Waals surface area (Å²) in [6.07, 6.45) is -3.83. The number of hydrogen-bond donors (Lipinski definition) is 2. The highest BCUT2D eigenvalue weighted by molar-refractivity contribution is 5.80. The summed E-state index contributed by atoms with van der Waals surface area (Å²) < 4.78 is 51.3. The highest BCUT2D eigenvalue weighted by Gasteiger charge is 2.35. The number of nitrogens with one attached hydrogen (secondary N) is 1. The number of benzene rings is 1. The molecule has 1 aromatic carbocycles. The van der Waals surface area contributed by atoms with E-state index in [0.717, 1.165) is 12.1 Å². The van der Waals surface area contributed by atoms with E-state index in [0.29, 0.717) is 24.9 Å². The van der Waals surface area contributed by atoms with E-state index in [9.17, 15) is 22.4 Å². The van der Waals surface area contributed by atoms with Gasteiger partial charge in [-0.2, -0.15) is 13.2 Å². The molecule has 0 aromatic heterocycles. The van der Waals surface area contributed by atoms with Crippen molar-refractivity contribution in [2.45, 2.75) is 31.0 Å². The fourth-order valence-corrected chi connectivity index (χ4v) is 2.45. The van der Waals surface area contributed by atoms with E-state index in [1.807, 2.05) is 0 Å². The summed E-state index contributed by atoms with van der Waals surface area (Å²) in [5.74, 6) is -2.06. The number of carbonyl (C=O) groups is 1. The van der Waals surface area contributed by atoms with Gasteiger partial charge in [-0.05, 0) is 43.0 Å². The molecular weight excluding hydrogens is 276 g/mol. The monoisotopic (exact) mass is 290 g/mol. The molecule has 2 atom stereocenters. The number of piperidine rings is 1. The first-order valence-electron chi connectivity index (χ1n) is 6.18. The lowest BCUT2D eigenvalue weighted by molar-refractivity contribution is -0.140. The predicted octanol–water partition coefficient (Wildman–Crippen LogP) is 2.17. The van der Waals surface area contributed by atoms with Gasteiger partial charge in [-0.25, -0.2) is 4.39 Å². The second-order valence-corrected chi connectivity index (χ2v) is 4.87. The van der Waals surface area contributed by atoms with Crippen LogP contribution < -0.4 is 11.1 Å². The van der Waals surface area contributed by atoms with Gasteiger partial charge in [-0.15, -0.1) is 0 Å². The van der Waals surface area contributed by atoms with Gasteiger partial charge in [0.2, 0.25) is 5.91 Å². The normalized spacial score (nSPS) is 23.6. The minimum atomic E-state index is -4.73. The van der Waals surface area contributed by atoms with Crippen LogP contribution in [0, 0.1) is 5.82 Å². The Morgan fingerprint density at radius 3 is 2.65 bits per heavy atom. The molecule has 3 N–H and O–H groups in total. The zero-order valence-corrected chi connectivity index (χ0v) is 10.5. The van der Waals surface area contributed by atoms with Gasteiger partial charge in [0.05, 0.1) is 11.6 Å².